The number of nitrogen functional groups attached to an aromatic ring is 1. The fourth-order valence-corrected chi connectivity index (χ4v) is 4.66. The third-order valence-electron chi connectivity index (χ3n) is 6.59. The van der Waals surface area contributed by atoms with E-state index in [1.807, 2.05) is 61.2 Å². The standard InChI is InChI=1S/C29H31N5O3/c1-3-34(4-2)25(19-11-9-18(10-12-19)22-7-5-6-8-24(22)28(31)36)26(35)29(37)33-21-13-14-23-20(17-21)15-16-32-27(23)30/h5-17,25-26,35H,3-4H2,1-2H3,(H2,30,32)(H2,31,36)(H,33,37). The smallest absolute Gasteiger partial charge is 0.255 e. The molecule has 0 saturated carbocycles. The number of rotatable bonds is 9. The van der Waals surface area contributed by atoms with Crippen molar-refractivity contribution in [2.75, 3.05) is 24.1 Å². The van der Waals surface area contributed by atoms with Gasteiger partial charge in [0.2, 0.25) is 5.91 Å². The maximum Gasteiger partial charge on any atom is 0.255 e. The van der Waals surface area contributed by atoms with Crippen LogP contribution < -0.4 is 16.8 Å². The Morgan fingerprint density at radius 2 is 1.70 bits per heavy atom. The number of carbonyl (C=O) groups excluding carboxylic acids is 2. The summed E-state index contributed by atoms with van der Waals surface area (Å²) in [6, 6.07) is 21.2. The maximum absolute atomic E-state index is 13.2. The van der Waals surface area contributed by atoms with E-state index in [4.69, 9.17) is 11.5 Å². The van der Waals surface area contributed by atoms with Crippen LogP contribution in [0, 0.1) is 0 Å². The third kappa shape index (κ3) is 5.45. The van der Waals surface area contributed by atoms with Gasteiger partial charge >= 0.3 is 0 Å². The Bertz CT molecular complexity index is 1420. The lowest BCUT2D eigenvalue weighted by Crippen LogP contribution is -2.42. The van der Waals surface area contributed by atoms with Crippen LogP contribution in [-0.4, -0.2) is 46.0 Å². The van der Waals surface area contributed by atoms with Gasteiger partial charge in [0.05, 0.1) is 6.04 Å². The van der Waals surface area contributed by atoms with Gasteiger partial charge in [-0.15, -0.1) is 0 Å². The number of anilines is 2. The molecular weight excluding hydrogens is 466 g/mol. The van der Waals surface area contributed by atoms with Crippen LogP contribution in [0.3, 0.4) is 0 Å². The molecule has 8 nitrogen and oxygen atoms in total. The molecule has 0 spiro atoms. The number of aliphatic hydroxyl groups is 1. The number of benzene rings is 3. The number of aromatic nitrogens is 1. The molecule has 4 rings (SSSR count). The molecule has 1 heterocycles. The summed E-state index contributed by atoms with van der Waals surface area (Å²) in [5, 5.41) is 15.7. The van der Waals surface area contributed by atoms with Crippen molar-refractivity contribution >= 4 is 34.1 Å². The van der Waals surface area contributed by atoms with Gasteiger partial charge in [0.15, 0.2) is 6.10 Å². The molecule has 2 unspecified atom stereocenters. The van der Waals surface area contributed by atoms with Crippen LogP contribution in [0.5, 0.6) is 0 Å². The minimum Gasteiger partial charge on any atom is -0.383 e. The van der Waals surface area contributed by atoms with Crippen LogP contribution in [0.25, 0.3) is 21.9 Å². The quantitative estimate of drug-likeness (QED) is 0.276. The zero-order valence-corrected chi connectivity index (χ0v) is 20.9. The Balaban J connectivity index is 1.61. The SMILES string of the molecule is CCN(CC)C(c1ccc(-c2ccccc2C(N)=O)cc1)C(O)C(=O)Nc1ccc2c(N)nccc2c1. The highest BCUT2D eigenvalue weighted by Gasteiger charge is 2.31. The molecule has 4 aromatic rings. The van der Waals surface area contributed by atoms with Gasteiger partial charge in [-0.1, -0.05) is 56.3 Å². The second-order valence-corrected chi connectivity index (χ2v) is 8.76. The number of nitrogens with zero attached hydrogens (tertiary/aromatic N) is 2. The maximum atomic E-state index is 13.2. The molecule has 3 aromatic carbocycles. The minimum atomic E-state index is -1.33. The van der Waals surface area contributed by atoms with E-state index in [9.17, 15) is 14.7 Å². The summed E-state index contributed by atoms with van der Waals surface area (Å²) in [5.41, 5.74) is 14.8. The molecular formula is C29H31N5O3. The number of hydrogen-bond donors (Lipinski definition) is 4. The highest BCUT2D eigenvalue weighted by Crippen LogP contribution is 2.30. The van der Waals surface area contributed by atoms with Gasteiger partial charge in [0, 0.05) is 22.8 Å². The molecule has 8 heteroatoms. The summed E-state index contributed by atoms with van der Waals surface area (Å²) in [4.78, 5) is 31.2. The van der Waals surface area contributed by atoms with E-state index in [1.165, 1.54) is 0 Å². The number of likely N-dealkylation sites (N-methyl/N-ethyl adjacent to an activating group) is 1. The van der Waals surface area contributed by atoms with Crippen molar-refractivity contribution < 1.29 is 14.7 Å². The van der Waals surface area contributed by atoms with E-state index in [0.29, 0.717) is 30.2 Å². The van der Waals surface area contributed by atoms with E-state index in [-0.39, 0.29) is 0 Å². The summed E-state index contributed by atoms with van der Waals surface area (Å²) in [6.07, 6.45) is 0.280. The van der Waals surface area contributed by atoms with Crippen LogP contribution in [0.1, 0.15) is 35.8 Å². The normalized spacial score (nSPS) is 12.9. The monoisotopic (exact) mass is 497 g/mol. The van der Waals surface area contributed by atoms with Gasteiger partial charge in [-0.05, 0) is 65.5 Å². The Morgan fingerprint density at radius 3 is 2.38 bits per heavy atom. The second-order valence-electron chi connectivity index (χ2n) is 8.76. The number of aliphatic hydroxyl groups excluding tert-OH is 1. The van der Waals surface area contributed by atoms with Gasteiger partial charge in [-0.2, -0.15) is 0 Å². The Hall–Kier alpha value is -4.27. The van der Waals surface area contributed by atoms with Gasteiger partial charge in [-0.25, -0.2) is 4.98 Å². The van der Waals surface area contributed by atoms with Crippen molar-refractivity contribution in [2.45, 2.75) is 26.0 Å². The largest absolute Gasteiger partial charge is 0.383 e. The molecule has 37 heavy (non-hydrogen) atoms. The van der Waals surface area contributed by atoms with Crippen molar-refractivity contribution in [1.29, 1.82) is 0 Å². The predicted molar refractivity (Wildman–Crippen MR) is 147 cm³/mol. The first-order valence-electron chi connectivity index (χ1n) is 12.2. The molecule has 2 amide bonds. The number of hydrogen-bond acceptors (Lipinski definition) is 6. The highest BCUT2D eigenvalue weighted by molar-refractivity contribution is 6.00. The summed E-state index contributed by atoms with van der Waals surface area (Å²) >= 11 is 0. The summed E-state index contributed by atoms with van der Waals surface area (Å²) in [6.45, 7) is 5.25. The first-order chi connectivity index (χ1) is 17.8. The third-order valence-corrected chi connectivity index (χ3v) is 6.59. The van der Waals surface area contributed by atoms with Crippen molar-refractivity contribution in [3.8, 4) is 11.1 Å². The van der Waals surface area contributed by atoms with Crippen LogP contribution in [0.2, 0.25) is 0 Å². The molecule has 0 aliphatic heterocycles. The molecule has 0 radical (unpaired) electrons. The molecule has 0 fully saturated rings. The van der Waals surface area contributed by atoms with E-state index in [0.717, 1.165) is 27.5 Å². The molecule has 0 aliphatic carbocycles. The average Bonchev–Trinajstić information content (AvgIpc) is 2.91. The summed E-state index contributed by atoms with van der Waals surface area (Å²) in [5.74, 6) is -0.597. The predicted octanol–water partition coefficient (Wildman–Crippen LogP) is 3.97. The minimum absolute atomic E-state index is 0.416. The molecule has 0 aliphatic rings. The van der Waals surface area contributed by atoms with E-state index in [2.05, 4.69) is 10.3 Å². The van der Waals surface area contributed by atoms with Crippen LogP contribution in [-0.2, 0) is 4.79 Å². The number of fused-ring (bicyclic) bond motifs is 1. The number of nitrogens with two attached hydrogens (primary N) is 2. The fraction of sp³-hybridized carbons (Fsp3) is 0.207. The molecule has 190 valence electrons. The first-order valence-corrected chi connectivity index (χ1v) is 12.2. The molecule has 0 bridgehead atoms. The molecule has 1 aromatic heterocycles. The van der Waals surface area contributed by atoms with Crippen molar-refractivity contribution in [1.82, 2.24) is 9.88 Å². The van der Waals surface area contributed by atoms with Crippen LogP contribution in [0.15, 0.2) is 79.0 Å². The Kier molecular flexibility index (Phi) is 7.81. The molecule has 2 atom stereocenters. The average molecular weight is 498 g/mol. The molecule has 0 saturated heterocycles. The van der Waals surface area contributed by atoms with Crippen molar-refractivity contribution in [3.63, 3.8) is 0 Å². The fourth-order valence-electron chi connectivity index (χ4n) is 4.66. The first kappa shape index (κ1) is 25.8. The number of carbonyl (C=O) groups is 2. The zero-order valence-electron chi connectivity index (χ0n) is 20.9. The van der Waals surface area contributed by atoms with E-state index < -0.39 is 24.0 Å². The van der Waals surface area contributed by atoms with Gasteiger partial charge in [0.1, 0.15) is 5.82 Å². The lowest BCUT2D eigenvalue weighted by Gasteiger charge is -2.33. The zero-order chi connectivity index (χ0) is 26.5. The van der Waals surface area contributed by atoms with Crippen molar-refractivity contribution in [3.05, 3.63) is 90.1 Å². The van der Waals surface area contributed by atoms with E-state index >= 15 is 0 Å². The van der Waals surface area contributed by atoms with Gasteiger partial charge < -0.3 is 21.9 Å². The Labute approximate surface area is 215 Å². The van der Waals surface area contributed by atoms with Crippen molar-refractivity contribution in [2.24, 2.45) is 5.73 Å². The number of amides is 2. The molecule has 6 N–H and O–H groups in total. The van der Waals surface area contributed by atoms with Gasteiger partial charge in [0.25, 0.3) is 5.91 Å². The van der Waals surface area contributed by atoms with Crippen LogP contribution in [0.4, 0.5) is 11.5 Å². The lowest BCUT2D eigenvalue weighted by molar-refractivity contribution is -0.127. The summed E-state index contributed by atoms with van der Waals surface area (Å²) < 4.78 is 0. The lowest BCUT2D eigenvalue weighted by atomic mass is 9.94. The Morgan fingerprint density at radius 1 is 1.00 bits per heavy atom. The number of nitrogens with one attached hydrogen (secondary N) is 1. The second kappa shape index (κ2) is 11.2. The number of pyridine rings is 1. The van der Waals surface area contributed by atoms with Crippen LogP contribution >= 0.6 is 0 Å². The summed E-state index contributed by atoms with van der Waals surface area (Å²) in [7, 11) is 0. The number of primary amides is 1. The van der Waals surface area contributed by atoms with Gasteiger partial charge in [-0.3, -0.25) is 14.5 Å². The van der Waals surface area contributed by atoms with E-state index in [1.54, 1.807) is 36.5 Å². The topological polar surface area (TPSA) is 135 Å². The highest BCUT2D eigenvalue weighted by atomic mass is 16.3.